The predicted molar refractivity (Wildman–Crippen MR) is 37.5 cm³/mol. The van der Waals surface area contributed by atoms with Gasteiger partial charge in [0.05, 0.1) is 5.92 Å². The molecule has 0 aliphatic heterocycles. The lowest BCUT2D eigenvalue weighted by Crippen LogP contribution is -2.57. The van der Waals surface area contributed by atoms with Gasteiger partial charge in [-0.05, 0) is 11.8 Å². The van der Waals surface area contributed by atoms with E-state index >= 15 is 0 Å². The fourth-order valence-corrected chi connectivity index (χ4v) is 1.38. The second-order valence-corrected chi connectivity index (χ2v) is 3.55. The van der Waals surface area contributed by atoms with Gasteiger partial charge >= 0.3 is 5.97 Å². The van der Waals surface area contributed by atoms with Crippen LogP contribution < -0.4 is 5.73 Å². The van der Waals surface area contributed by atoms with Crippen LogP contribution in [0, 0.1) is 11.3 Å². The van der Waals surface area contributed by atoms with Crippen LogP contribution in [-0.2, 0) is 4.79 Å². The van der Waals surface area contributed by atoms with Crippen LogP contribution in [0.2, 0.25) is 0 Å². The second-order valence-electron chi connectivity index (χ2n) is 3.55. The molecule has 0 aromatic carbocycles. The summed E-state index contributed by atoms with van der Waals surface area (Å²) in [7, 11) is 0. The van der Waals surface area contributed by atoms with Crippen molar-refractivity contribution in [2.24, 2.45) is 17.1 Å². The van der Waals surface area contributed by atoms with Crippen LogP contribution in [0.3, 0.4) is 0 Å². The molecule has 1 fully saturated rings. The van der Waals surface area contributed by atoms with Crippen molar-refractivity contribution in [1.82, 2.24) is 0 Å². The number of hydrogen-bond acceptors (Lipinski definition) is 2. The predicted octanol–water partition coefficient (Wildman–Crippen LogP) is 0.444. The van der Waals surface area contributed by atoms with Crippen LogP contribution in [0.5, 0.6) is 0 Å². The molecule has 10 heavy (non-hydrogen) atoms. The van der Waals surface area contributed by atoms with Gasteiger partial charge in [0, 0.05) is 6.04 Å². The number of rotatable bonds is 1. The molecule has 3 heteroatoms. The molecule has 0 amide bonds. The second kappa shape index (κ2) is 1.95. The minimum Gasteiger partial charge on any atom is -0.481 e. The maximum absolute atomic E-state index is 10.5. The van der Waals surface area contributed by atoms with E-state index in [2.05, 4.69) is 0 Å². The summed E-state index contributed by atoms with van der Waals surface area (Å²) in [4.78, 5) is 10.5. The van der Waals surface area contributed by atoms with Gasteiger partial charge in [-0.3, -0.25) is 4.79 Å². The van der Waals surface area contributed by atoms with Crippen LogP contribution in [0.25, 0.3) is 0 Å². The molecule has 2 atom stereocenters. The highest BCUT2D eigenvalue weighted by Crippen LogP contribution is 2.44. The summed E-state index contributed by atoms with van der Waals surface area (Å²) in [6.45, 7) is 3.81. The number of carboxylic acid groups (broad SMARTS) is 1. The highest BCUT2D eigenvalue weighted by atomic mass is 16.4. The zero-order valence-corrected chi connectivity index (χ0v) is 6.29. The van der Waals surface area contributed by atoms with Crippen LogP contribution in [0.4, 0.5) is 0 Å². The Balaban J connectivity index is 2.63. The molecule has 3 N–H and O–H groups in total. The molecular formula is C7H13NO2. The molecule has 0 aromatic heterocycles. The standard InChI is InChI=1S/C7H13NO2/c1-7(2)4(6(9)10)3-5(7)8/h4-5H,3,8H2,1-2H3,(H,9,10)/t4-,5+/m1/s1. The maximum atomic E-state index is 10.5. The summed E-state index contributed by atoms with van der Waals surface area (Å²) >= 11 is 0. The summed E-state index contributed by atoms with van der Waals surface area (Å²) < 4.78 is 0. The van der Waals surface area contributed by atoms with Gasteiger partial charge in [-0.2, -0.15) is 0 Å². The molecule has 1 aliphatic carbocycles. The van der Waals surface area contributed by atoms with E-state index in [-0.39, 0.29) is 17.4 Å². The molecule has 0 spiro atoms. The van der Waals surface area contributed by atoms with Gasteiger partial charge in [0.25, 0.3) is 0 Å². The Hall–Kier alpha value is -0.570. The highest BCUT2D eigenvalue weighted by Gasteiger charge is 2.49. The lowest BCUT2D eigenvalue weighted by atomic mass is 9.59. The largest absolute Gasteiger partial charge is 0.481 e. The Kier molecular flexibility index (Phi) is 1.47. The highest BCUT2D eigenvalue weighted by molar-refractivity contribution is 5.72. The Morgan fingerprint density at radius 3 is 2.30 bits per heavy atom. The van der Waals surface area contributed by atoms with Crippen molar-refractivity contribution >= 4 is 5.97 Å². The molecule has 0 saturated heterocycles. The summed E-state index contributed by atoms with van der Waals surface area (Å²) in [5.41, 5.74) is 5.42. The van der Waals surface area contributed by atoms with Crippen molar-refractivity contribution in [3.8, 4) is 0 Å². The zero-order valence-electron chi connectivity index (χ0n) is 6.29. The number of aliphatic carboxylic acids is 1. The van der Waals surface area contributed by atoms with Gasteiger partial charge in [-0.1, -0.05) is 13.8 Å². The van der Waals surface area contributed by atoms with Crippen molar-refractivity contribution < 1.29 is 9.90 Å². The molecule has 0 bridgehead atoms. The minimum atomic E-state index is -0.716. The summed E-state index contributed by atoms with van der Waals surface area (Å²) in [6.07, 6.45) is 0.627. The molecule has 1 rings (SSSR count). The fraction of sp³-hybridized carbons (Fsp3) is 0.857. The van der Waals surface area contributed by atoms with E-state index in [0.717, 1.165) is 0 Å². The Labute approximate surface area is 60.2 Å². The number of hydrogen-bond donors (Lipinski definition) is 2. The first-order valence-electron chi connectivity index (χ1n) is 3.44. The average molecular weight is 143 g/mol. The minimum absolute atomic E-state index is 0.0635. The first-order chi connectivity index (χ1) is 4.46. The molecule has 1 aliphatic rings. The lowest BCUT2D eigenvalue weighted by Gasteiger charge is -2.47. The maximum Gasteiger partial charge on any atom is 0.307 e. The van der Waals surface area contributed by atoms with E-state index in [9.17, 15) is 4.79 Å². The van der Waals surface area contributed by atoms with Gasteiger partial charge in [0.1, 0.15) is 0 Å². The van der Waals surface area contributed by atoms with Crippen molar-refractivity contribution in [2.45, 2.75) is 26.3 Å². The Bertz CT molecular complexity index is 165. The van der Waals surface area contributed by atoms with E-state index < -0.39 is 5.97 Å². The monoisotopic (exact) mass is 143 g/mol. The van der Waals surface area contributed by atoms with E-state index in [1.165, 1.54) is 0 Å². The lowest BCUT2D eigenvalue weighted by molar-refractivity contribution is -0.153. The van der Waals surface area contributed by atoms with Crippen molar-refractivity contribution in [2.75, 3.05) is 0 Å². The molecule has 0 radical (unpaired) electrons. The summed E-state index contributed by atoms with van der Waals surface area (Å²) in [5, 5.41) is 8.63. The summed E-state index contributed by atoms with van der Waals surface area (Å²) in [6, 6.07) is 0.0635. The molecule has 0 aromatic rings. The van der Waals surface area contributed by atoms with Gasteiger partial charge in [0.15, 0.2) is 0 Å². The van der Waals surface area contributed by atoms with E-state index in [4.69, 9.17) is 10.8 Å². The fourth-order valence-electron chi connectivity index (χ4n) is 1.38. The normalized spacial score (nSPS) is 36.7. The van der Waals surface area contributed by atoms with Crippen molar-refractivity contribution in [3.63, 3.8) is 0 Å². The molecule has 0 heterocycles. The van der Waals surface area contributed by atoms with E-state index in [1.54, 1.807) is 0 Å². The van der Waals surface area contributed by atoms with Gasteiger partial charge in [0.2, 0.25) is 0 Å². The number of nitrogens with two attached hydrogens (primary N) is 1. The third-order valence-electron chi connectivity index (χ3n) is 2.64. The Morgan fingerprint density at radius 2 is 2.20 bits per heavy atom. The number of carboxylic acids is 1. The first kappa shape index (κ1) is 7.54. The molecular weight excluding hydrogens is 130 g/mol. The SMILES string of the molecule is CC1(C)[C@@H](C(=O)O)C[C@@H]1N. The Morgan fingerprint density at radius 1 is 1.70 bits per heavy atom. The van der Waals surface area contributed by atoms with Crippen molar-refractivity contribution in [1.29, 1.82) is 0 Å². The van der Waals surface area contributed by atoms with Crippen LogP contribution in [0.15, 0.2) is 0 Å². The van der Waals surface area contributed by atoms with Gasteiger partial charge < -0.3 is 10.8 Å². The van der Waals surface area contributed by atoms with E-state index in [0.29, 0.717) is 6.42 Å². The van der Waals surface area contributed by atoms with Crippen LogP contribution >= 0.6 is 0 Å². The zero-order chi connectivity index (χ0) is 7.94. The van der Waals surface area contributed by atoms with E-state index in [1.807, 2.05) is 13.8 Å². The first-order valence-corrected chi connectivity index (χ1v) is 3.44. The molecule has 1 saturated carbocycles. The third-order valence-corrected chi connectivity index (χ3v) is 2.64. The van der Waals surface area contributed by atoms with Crippen LogP contribution in [0.1, 0.15) is 20.3 Å². The van der Waals surface area contributed by atoms with Gasteiger partial charge in [-0.25, -0.2) is 0 Å². The van der Waals surface area contributed by atoms with Crippen LogP contribution in [-0.4, -0.2) is 17.1 Å². The molecule has 3 nitrogen and oxygen atoms in total. The number of carbonyl (C=O) groups is 1. The van der Waals surface area contributed by atoms with Crippen molar-refractivity contribution in [3.05, 3.63) is 0 Å². The van der Waals surface area contributed by atoms with Gasteiger partial charge in [-0.15, -0.1) is 0 Å². The topological polar surface area (TPSA) is 63.3 Å². The quantitative estimate of drug-likeness (QED) is 0.560. The third kappa shape index (κ3) is 0.814. The summed E-state index contributed by atoms with van der Waals surface area (Å²) in [5.74, 6) is -0.950. The molecule has 58 valence electrons. The average Bonchev–Trinajstić information content (AvgIpc) is 1.82. The smallest absolute Gasteiger partial charge is 0.307 e. The molecule has 0 unspecified atom stereocenters.